The zero-order valence-corrected chi connectivity index (χ0v) is 8.99. The zero-order chi connectivity index (χ0) is 11.4. The topological polar surface area (TPSA) is 72.5 Å². The van der Waals surface area contributed by atoms with Crippen molar-refractivity contribution in [1.29, 1.82) is 0 Å². The Morgan fingerprint density at radius 2 is 2.33 bits per heavy atom. The molecule has 1 aromatic carbocycles. The van der Waals surface area contributed by atoms with Gasteiger partial charge in [0, 0.05) is 5.02 Å². The van der Waals surface area contributed by atoms with Crippen molar-refractivity contribution in [2.45, 2.75) is 13.0 Å². The average molecular weight is 230 g/mol. The third-order valence-electron chi connectivity index (χ3n) is 1.89. The van der Waals surface area contributed by atoms with Crippen LogP contribution in [0.2, 0.25) is 5.02 Å². The number of nitrogens with two attached hydrogens (primary N) is 1. The van der Waals surface area contributed by atoms with Gasteiger partial charge in [0.15, 0.2) is 0 Å². The molecule has 0 saturated heterocycles. The van der Waals surface area contributed by atoms with Gasteiger partial charge in [0.05, 0.1) is 0 Å². The second-order valence-electron chi connectivity index (χ2n) is 3.17. The van der Waals surface area contributed by atoms with Crippen LogP contribution in [-0.2, 0) is 4.79 Å². The molecule has 1 unspecified atom stereocenters. The normalized spacial score (nSPS) is 12.2. The van der Waals surface area contributed by atoms with Gasteiger partial charge in [0.1, 0.15) is 18.4 Å². The molecule has 0 spiro atoms. The van der Waals surface area contributed by atoms with E-state index in [0.29, 0.717) is 10.8 Å². The van der Waals surface area contributed by atoms with E-state index in [1.165, 1.54) is 0 Å². The molecule has 0 aromatic heterocycles. The third kappa shape index (κ3) is 3.42. The fraction of sp³-hybridized carbons (Fsp3) is 0.300. The molecule has 4 nitrogen and oxygen atoms in total. The van der Waals surface area contributed by atoms with Gasteiger partial charge in [-0.2, -0.15) is 0 Å². The number of aryl methyl sites for hydroxylation is 1. The average Bonchev–Trinajstić information content (AvgIpc) is 2.18. The van der Waals surface area contributed by atoms with Crippen molar-refractivity contribution in [3.63, 3.8) is 0 Å². The highest BCUT2D eigenvalue weighted by Gasteiger charge is 2.12. The van der Waals surface area contributed by atoms with Crippen LogP contribution in [0.3, 0.4) is 0 Å². The van der Waals surface area contributed by atoms with Gasteiger partial charge in [-0.25, -0.2) is 0 Å². The number of rotatable bonds is 4. The van der Waals surface area contributed by atoms with E-state index in [-0.39, 0.29) is 6.61 Å². The first-order valence-electron chi connectivity index (χ1n) is 4.38. The summed E-state index contributed by atoms with van der Waals surface area (Å²) in [6, 6.07) is 4.14. The Morgan fingerprint density at radius 3 is 2.93 bits per heavy atom. The number of benzene rings is 1. The lowest BCUT2D eigenvalue weighted by molar-refractivity contribution is -0.139. The van der Waals surface area contributed by atoms with E-state index in [9.17, 15) is 4.79 Å². The molecule has 5 heteroatoms. The van der Waals surface area contributed by atoms with Crippen LogP contribution in [0.4, 0.5) is 0 Å². The van der Waals surface area contributed by atoms with Crippen LogP contribution >= 0.6 is 11.6 Å². The number of hydrogen-bond donors (Lipinski definition) is 2. The summed E-state index contributed by atoms with van der Waals surface area (Å²) in [5, 5.41) is 9.09. The molecule has 1 rings (SSSR count). The first-order chi connectivity index (χ1) is 7.00. The summed E-state index contributed by atoms with van der Waals surface area (Å²) in [7, 11) is 0. The molecule has 0 heterocycles. The lowest BCUT2D eigenvalue weighted by Crippen LogP contribution is -2.36. The molecule has 15 heavy (non-hydrogen) atoms. The molecular weight excluding hydrogens is 218 g/mol. The van der Waals surface area contributed by atoms with E-state index in [1.807, 2.05) is 6.92 Å². The second-order valence-corrected chi connectivity index (χ2v) is 3.60. The molecule has 0 saturated carbocycles. The number of ether oxygens (including phenoxy) is 1. The van der Waals surface area contributed by atoms with E-state index >= 15 is 0 Å². The first-order valence-corrected chi connectivity index (χ1v) is 4.76. The Balaban J connectivity index is 2.65. The minimum Gasteiger partial charge on any atom is -0.491 e. The molecule has 3 N–H and O–H groups in total. The van der Waals surface area contributed by atoms with Crippen LogP contribution in [0.5, 0.6) is 5.75 Å². The van der Waals surface area contributed by atoms with Gasteiger partial charge < -0.3 is 15.6 Å². The van der Waals surface area contributed by atoms with E-state index < -0.39 is 12.0 Å². The maximum Gasteiger partial charge on any atom is 0.324 e. The number of halogens is 1. The fourth-order valence-electron chi connectivity index (χ4n) is 0.980. The van der Waals surface area contributed by atoms with Crippen molar-refractivity contribution in [2.24, 2.45) is 5.73 Å². The summed E-state index contributed by atoms with van der Waals surface area (Å²) in [5.74, 6) is -0.533. The van der Waals surface area contributed by atoms with Gasteiger partial charge >= 0.3 is 5.97 Å². The molecule has 0 bridgehead atoms. The fourth-order valence-corrected chi connectivity index (χ4v) is 1.14. The van der Waals surface area contributed by atoms with Gasteiger partial charge in [0.25, 0.3) is 0 Å². The molecule has 0 aliphatic heterocycles. The monoisotopic (exact) mass is 229 g/mol. The Hall–Kier alpha value is -1.26. The minimum atomic E-state index is -1.09. The summed E-state index contributed by atoms with van der Waals surface area (Å²) in [4.78, 5) is 10.4. The Bertz CT molecular complexity index is 368. The van der Waals surface area contributed by atoms with Crippen molar-refractivity contribution in [2.75, 3.05) is 6.61 Å². The van der Waals surface area contributed by atoms with Gasteiger partial charge in [-0.05, 0) is 24.6 Å². The number of hydrogen-bond acceptors (Lipinski definition) is 3. The number of carboxylic acids is 1. The number of carboxylic acid groups (broad SMARTS) is 1. The van der Waals surface area contributed by atoms with Crippen LogP contribution in [0.1, 0.15) is 5.56 Å². The summed E-state index contributed by atoms with van der Waals surface area (Å²) < 4.78 is 5.25. The minimum absolute atomic E-state index is 0.0729. The summed E-state index contributed by atoms with van der Waals surface area (Å²) in [5.41, 5.74) is 6.18. The molecule has 1 atom stereocenters. The highest BCUT2D eigenvalue weighted by Crippen LogP contribution is 2.22. The summed E-state index contributed by atoms with van der Waals surface area (Å²) >= 11 is 5.77. The van der Waals surface area contributed by atoms with E-state index in [2.05, 4.69) is 0 Å². The number of carbonyl (C=O) groups is 1. The quantitative estimate of drug-likeness (QED) is 0.820. The Labute approximate surface area is 92.6 Å². The maximum atomic E-state index is 10.4. The van der Waals surface area contributed by atoms with Gasteiger partial charge in [-0.1, -0.05) is 17.7 Å². The zero-order valence-electron chi connectivity index (χ0n) is 8.24. The van der Waals surface area contributed by atoms with E-state index in [0.717, 1.165) is 5.56 Å². The molecule has 82 valence electrons. The number of aliphatic carboxylic acids is 1. The van der Waals surface area contributed by atoms with Crippen LogP contribution in [-0.4, -0.2) is 23.7 Å². The molecule has 0 aliphatic carbocycles. The maximum absolute atomic E-state index is 10.4. The van der Waals surface area contributed by atoms with Crippen molar-refractivity contribution in [3.8, 4) is 5.75 Å². The van der Waals surface area contributed by atoms with Crippen molar-refractivity contribution in [3.05, 3.63) is 28.8 Å². The van der Waals surface area contributed by atoms with Gasteiger partial charge in [-0.15, -0.1) is 0 Å². The van der Waals surface area contributed by atoms with Crippen molar-refractivity contribution in [1.82, 2.24) is 0 Å². The van der Waals surface area contributed by atoms with Gasteiger partial charge in [-0.3, -0.25) is 4.79 Å². The van der Waals surface area contributed by atoms with Crippen molar-refractivity contribution < 1.29 is 14.6 Å². The molecule has 0 aliphatic rings. The predicted octanol–water partition coefficient (Wildman–Crippen LogP) is 1.44. The van der Waals surface area contributed by atoms with Crippen molar-refractivity contribution >= 4 is 17.6 Å². The first kappa shape index (κ1) is 11.8. The molecule has 0 amide bonds. The second kappa shape index (κ2) is 5.00. The summed E-state index contributed by atoms with van der Waals surface area (Å²) in [6.45, 7) is 1.77. The standard InChI is InChI=1S/C10H12ClNO3/c1-6-2-3-7(11)4-9(6)15-5-8(12)10(13)14/h2-4,8H,5,12H2,1H3,(H,13,14). The summed E-state index contributed by atoms with van der Waals surface area (Å²) in [6.07, 6.45) is 0. The lowest BCUT2D eigenvalue weighted by atomic mass is 10.2. The highest BCUT2D eigenvalue weighted by atomic mass is 35.5. The van der Waals surface area contributed by atoms with Gasteiger partial charge in [0.2, 0.25) is 0 Å². The molecular formula is C10H12ClNO3. The predicted molar refractivity (Wildman–Crippen MR) is 57.3 cm³/mol. The van der Waals surface area contributed by atoms with Crippen LogP contribution in [0.25, 0.3) is 0 Å². The molecule has 1 aromatic rings. The van der Waals surface area contributed by atoms with Crippen LogP contribution < -0.4 is 10.5 Å². The lowest BCUT2D eigenvalue weighted by Gasteiger charge is -2.11. The largest absolute Gasteiger partial charge is 0.491 e. The van der Waals surface area contributed by atoms with E-state index in [4.69, 9.17) is 27.2 Å². The molecule has 0 radical (unpaired) electrons. The highest BCUT2D eigenvalue weighted by molar-refractivity contribution is 6.30. The smallest absolute Gasteiger partial charge is 0.324 e. The van der Waals surface area contributed by atoms with Crippen LogP contribution in [0.15, 0.2) is 18.2 Å². The third-order valence-corrected chi connectivity index (χ3v) is 2.12. The Kier molecular flexibility index (Phi) is 3.94. The Morgan fingerprint density at radius 1 is 1.67 bits per heavy atom. The molecule has 0 fully saturated rings. The van der Waals surface area contributed by atoms with Crippen LogP contribution in [0, 0.1) is 6.92 Å². The van der Waals surface area contributed by atoms with E-state index in [1.54, 1.807) is 18.2 Å². The SMILES string of the molecule is Cc1ccc(Cl)cc1OCC(N)C(=O)O.